The third-order valence-corrected chi connectivity index (χ3v) is 4.69. The number of aromatic nitrogens is 2. The molecule has 0 aliphatic rings. The Morgan fingerprint density at radius 2 is 2.04 bits per heavy atom. The summed E-state index contributed by atoms with van der Waals surface area (Å²) in [5.41, 5.74) is 6.70. The highest BCUT2D eigenvalue weighted by atomic mass is 32.2. The molecule has 2 N–H and O–H groups in total. The van der Waals surface area contributed by atoms with Crippen molar-refractivity contribution in [3.8, 4) is 5.75 Å². The van der Waals surface area contributed by atoms with Crippen LogP contribution in [-0.2, 0) is 17.6 Å². The lowest BCUT2D eigenvalue weighted by Crippen LogP contribution is -2.20. The number of benzene rings is 2. The molecule has 128 valence electrons. The molecule has 2 aromatic carbocycles. The molecular formula is C18H17N3O3S. The third kappa shape index (κ3) is 4.00. The zero-order valence-electron chi connectivity index (χ0n) is 13.6. The van der Waals surface area contributed by atoms with E-state index in [9.17, 15) is 9.59 Å². The number of amides is 1. The van der Waals surface area contributed by atoms with Gasteiger partial charge in [-0.3, -0.25) is 14.2 Å². The number of rotatable bonds is 6. The number of ether oxygens (including phenoxy) is 1. The summed E-state index contributed by atoms with van der Waals surface area (Å²) < 4.78 is 6.86. The highest BCUT2D eigenvalue weighted by Gasteiger charge is 2.09. The average Bonchev–Trinajstić information content (AvgIpc) is 2.62. The number of primary amides is 1. The summed E-state index contributed by atoms with van der Waals surface area (Å²) >= 11 is 1.47. The lowest BCUT2D eigenvalue weighted by Gasteiger charge is -2.09. The lowest BCUT2D eigenvalue weighted by atomic mass is 10.2. The molecule has 0 saturated heterocycles. The Kier molecular flexibility index (Phi) is 5.04. The number of para-hydroxylation sites is 1. The van der Waals surface area contributed by atoms with E-state index in [0.29, 0.717) is 27.6 Å². The molecule has 3 aromatic rings. The minimum atomic E-state index is -0.518. The van der Waals surface area contributed by atoms with Gasteiger partial charge in [0.15, 0.2) is 11.8 Å². The summed E-state index contributed by atoms with van der Waals surface area (Å²) in [4.78, 5) is 27.8. The van der Waals surface area contributed by atoms with Gasteiger partial charge in [0, 0.05) is 12.8 Å². The van der Waals surface area contributed by atoms with Gasteiger partial charge < -0.3 is 10.5 Å². The van der Waals surface area contributed by atoms with Gasteiger partial charge in [-0.1, -0.05) is 36.0 Å². The topological polar surface area (TPSA) is 87.2 Å². The minimum absolute atomic E-state index is 0.0633. The second-order valence-electron chi connectivity index (χ2n) is 5.47. The van der Waals surface area contributed by atoms with Gasteiger partial charge in [-0.15, -0.1) is 0 Å². The number of nitrogens with two attached hydrogens (primary N) is 1. The molecule has 7 heteroatoms. The van der Waals surface area contributed by atoms with E-state index in [1.807, 2.05) is 36.4 Å². The monoisotopic (exact) mass is 355 g/mol. The van der Waals surface area contributed by atoms with Crippen LogP contribution in [-0.4, -0.2) is 22.1 Å². The molecular weight excluding hydrogens is 338 g/mol. The predicted molar refractivity (Wildman–Crippen MR) is 97.7 cm³/mol. The second kappa shape index (κ2) is 7.40. The van der Waals surface area contributed by atoms with Crippen molar-refractivity contribution in [3.63, 3.8) is 0 Å². The standard InChI is InChI=1S/C18H17N3O3S/c1-21-17(23)14-7-2-3-8-15(14)20-18(21)25-11-12-5-4-6-13(9-12)24-10-16(19)22/h2-9H,10-11H2,1H3,(H2,19,22). The molecule has 1 amide bonds. The van der Waals surface area contributed by atoms with Crippen molar-refractivity contribution in [2.45, 2.75) is 10.9 Å². The molecule has 0 saturated carbocycles. The molecule has 0 fully saturated rings. The van der Waals surface area contributed by atoms with Crippen LogP contribution in [0.4, 0.5) is 0 Å². The molecule has 0 radical (unpaired) electrons. The predicted octanol–water partition coefficient (Wildman–Crippen LogP) is 2.09. The average molecular weight is 355 g/mol. The molecule has 6 nitrogen and oxygen atoms in total. The largest absolute Gasteiger partial charge is 0.484 e. The zero-order chi connectivity index (χ0) is 17.8. The van der Waals surface area contributed by atoms with Crippen LogP contribution in [0.1, 0.15) is 5.56 Å². The van der Waals surface area contributed by atoms with Gasteiger partial charge in [0.05, 0.1) is 10.9 Å². The molecule has 3 rings (SSSR count). The maximum absolute atomic E-state index is 12.4. The van der Waals surface area contributed by atoms with E-state index in [4.69, 9.17) is 10.5 Å². The summed E-state index contributed by atoms with van der Waals surface area (Å²) in [7, 11) is 1.72. The fourth-order valence-electron chi connectivity index (χ4n) is 2.35. The fraction of sp³-hybridized carbons (Fsp3) is 0.167. The molecule has 0 bridgehead atoms. The second-order valence-corrected chi connectivity index (χ2v) is 6.41. The molecule has 1 heterocycles. The van der Waals surface area contributed by atoms with Crippen LogP contribution < -0.4 is 16.0 Å². The molecule has 0 atom stereocenters. The Labute approximate surface area is 148 Å². The van der Waals surface area contributed by atoms with Gasteiger partial charge in [0.2, 0.25) is 0 Å². The van der Waals surface area contributed by atoms with Gasteiger partial charge >= 0.3 is 0 Å². The van der Waals surface area contributed by atoms with E-state index in [1.165, 1.54) is 11.8 Å². The number of carbonyl (C=O) groups excluding carboxylic acids is 1. The Balaban J connectivity index is 1.79. The first kappa shape index (κ1) is 17.0. The summed E-state index contributed by atoms with van der Waals surface area (Å²) in [6.45, 7) is -0.155. The van der Waals surface area contributed by atoms with Crippen molar-refractivity contribution in [3.05, 3.63) is 64.4 Å². The van der Waals surface area contributed by atoms with Gasteiger partial charge in [-0.05, 0) is 29.8 Å². The van der Waals surface area contributed by atoms with E-state index in [-0.39, 0.29) is 12.2 Å². The summed E-state index contributed by atoms with van der Waals surface area (Å²) in [6, 6.07) is 14.7. The van der Waals surface area contributed by atoms with E-state index in [1.54, 1.807) is 23.7 Å². The molecule has 25 heavy (non-hydrogen) atoms. The summed E-state index contributed by atoms with van der Waals surface area (Å²) in [5.74, 6) is 0.680. The first-order valence-electron chi connectivity index (χ1n) is 7.63. The van der Waals surface area contributed by atoms with Crippen LogP contribution in [0.2, 0.25) is 0 Å². The van der Waals surface area contributed by atoms with Gasteiger partial charge in [-0.2, -0.15) is 0 Å². The van der Waals surface area contributed by atoms with Gasteiger partial charge in [0.25, 0.3) is 11.5 Å². The lowest BCUT2D eigenvalue weighted by molar-refractivity contribution is -0.119. The fourth-order valence-corrected chi connectivity index (χ4v) is 3.27. The quantitative estimate of drug-likeness (QED) is 0.540. The highest BCUT2D eigenvalue weighted by Crippen LogP contribution is 2.23. The van der Waals surface area contributed by atoms with Crippen molar-refractivity contribution in [1.29, 1.82) is 0 Å². The van der Waals surface area contributed by atoms with Gasteiger partial charge in [-0.25, -0.2) is 4.98 Å². The smallest absolute Gasteiger partial charge is 0.261 e. The molecule has 0 aliphatic carbocycles. The zero-order valence-corrected chi connectivity index (χ0v) is 14.5. The van der Waals surface area contributed by atoms with Crippen LogP contribution >= 0.6 is 11.8 Å². The maximum Gasteiger partial charge on any atom is 0.261 e. The number of hydrogen-bond donors (Lipinski definition) is 1. The van der Waals surface area contributed by atoms with Crippen molar-refractivity contribution < 1.29 is 9.53 Å². The van der Waals surface area contributed by atoms with Crippen molar-refractivity contribution >= 4 is 28.6 Å². The Morgan fingerprint density at radius 1 is 1.24 bits per heavy atom. The van der Waals surface area contributed by atoms with E-state index >= 15 is 0 Å². The Hall–Kier alpha value is -2.80. The van der Waals surface area contributed by atoms with Crippen LogP contribution in [0.25, 0.3) is 10.9 Å². The van der Waals surface area contributed by atoms with Crippen molar-refractivity contribution in [1.82, 2.24) is 9.55 Å². The Morgan fingerprint density at radius 3 is 2.84 bits per heavy atom. The normalized spacial score (nSPS) is 10.8. The van der Waals surface area contributed by atoms with E-state index in [2.05, 4.69) is 4.98 Å². The molecule has 0 aliphatic heterocycles. The van der Waals surface area contributed by atoms with Crippen LogP contribution in [0.15, 0.2) is 58.5 Å². The molecule has 0 spiro atoms. The third-order valence-electron chi connectivity index (χ3n) is 3.59. The SMILES string of the molecule is Cn1c(SCc2cccc(OCC(N)=O)c2)nc2ccccc2c1=O. The Bertz CT molecular complexity index is 985. The van der Waals surface area contributed by atoms with E-state index < -0.39 is 5.91 Å². The van der Waals surface area contributed by atoms with E-state index in [0.717, 1.165) is 5.56 Å². The number of carbonyl (C=O) groups is 1. The number of thioether (sulfide) groups is 1. The van der Waals surface area contributed by atoms with Crippen LogP contribution in [0.5, 0.6) is 5.75 Å². The molecule has 1 aromatic heterocycles. The highest BCUT2D eigenvalue weighted by molar-refractivity contribution is 7.98. The minimum Gasteiger partial charge on any atom is -0.484 e. The van der Waals surface area contributed by atoms with Crippen LogP contribution in [0, 0.1) is 0 Å². The maximum atomic E-state index is 12.4. The number of nitrogens with zero attached hydrogens (tertiary/aromatic N) is 2. The summed E-state index contributed by atoms with van der Waals surface area (Å²) in [5, 5.41) is 1.25. The van der Waals surface area contributed by atoms with Gasteiger partial charge in [0.1, 0.15) is 5.75 Å². The molecule has 0 unspecified atom stereocenters. The number of fused-ring (bicyclic) bond motifs is 1. The first-order chi connectivity index (χ1) is 12.0. The summed E-state index contributed by atoms with van der Waals surface area (Å²) in [6.07, 6.45) is 0. The first-order valence-corrected chi connectivity index (χ1v) is 8.62. The van der Waals surface area contributed by atoms with Crippen molar-refractivity contribution in [2.24, 2.45) is 12.8 Å². The van der Waals surface area contributed by atoms with Crippen LogP contribution in [0.3, 0.4) is 0 Å². The van der Waals surface area contributed by atoms with Crippen molar-refractivity contribution in [2.75, 3.05) is 6.61 Å². The number of hydrogen-bond acceptors (Lipinski definition) is 5.